The van der Waals surface area contributed by atoms with Gasteiger partial charge in [0.2, 0.25) is 0 Å². The molecule has 6 aromatic rings. The minimum Gasteiger partial charge on any atom is -0.485 e. The second kappa shape index (κ2) is 9.04. The number of aromatic nitrogens is 1. The molecule has 7 rings (SSSR count). The van der Waals surface area contributed by atoms with E-state index in [2.05, 4.69) is 89.9 Å². The van der Waals surface area contributed by atoms with Crippen molar-refractivity contribution in [3.8, 4) is 28.0 Å². The molecule has 0 radical (unpaired) electrons. The molecule has 5 aromatic carbocycles. The largest absolute Gasteiger partial charge is 0.485 e. The van der Waals surface area contributed by atoms with Gasteiger partial charge in [0.25, 0.3) is 0 Å². The minimum atomic E-state index is 0.00194. The Bertz CT molecular complexity index is 1800. The summed E-state index contributed by atoms with van der Waals surface area (Å²) in [5.41, 5.74) is 10.1. The Labute approximate surface area is 221 Å². The van der Waals surface area contributed by atoms with Crippen molar-refractivity contribution in [2.75, 3.05) is 0 Å². The van der Waals surface area contributed by atoms with Crippen molar-refractivity contribution in [1.29, 1.82) is 0 Å². The van der Waals surface area contributed by atoms with Gasteiger partial charge >= 0.3 is 0 Å². The van der Waals surface area contributed by atoms with Crippen LogP contribution in [0.5, 0.6) is 5.75 Å². The van der Waals surface area contributed by atoms with Gasteiger partial charge in [-0.15, -0.1) is 0 Å². The third-order valence-corrected chi connectivity index (χ3v) is 7.77. The fourth-order valence-electron chi connectivity index (χ4n) is 5.77. The van der Waals surface area contributed by atoms with Gasteiger partial charge in [0.15, 0.2) is 5.78 Å². The van der Waals surface area contributed by atoms with Crippen molar-refractivity contribution in [1.82, 2.24) is 4.98 Å². The Morgan fingerprint density at radius 3 is 2.21 bits per heavy atom. The van der Waals surface area contributed by atoms with Crippen LogP contribution in [-0.4, -0.2) is 10.8 Å². The quantitative estimate of drug-likeness (QED) is 0.249. The molecule has 1 aromatic heterocycles. The number of fused-ring (bicyclic) bond motifs is 5. The van der Waals surface area contributed by atoms with Crippen LogP contribution in [0.2, 0.25) is 0 Å². The van der Waals surface area contributed by atoms with Gasteiger partial charge < -0.3 is 9.72 Å². The van der Waals surface area contributed by atoms with Crippen molar-refractivity contribution in [2.45, 2.75) is 25.9 Å². The topological polar surface area (TPSA) is 42.1 Å². The van der Waals surface area contributed by atoms with Crippen LogP contribution in [0.1, 0.15) is 40.9 Å². The third kappa shape index (κ3) is 3.79. The average Bonchev–Trinajstić information content (AvgIpc) is 3.37. The van der Waals surface area contributed by atoms with Crippen LogP contribution in [0.15, 0.2) is 109 Å². The SMILES string of the molecule is CC(=O)c1ccc(-c2ccc(C3CCc4c(cc(-c5ccccc5)c5c4[nH]c4ccccc45)O3)cc2)cc1. The Balaban J connectivity index is 1.26. The summed E-state index contributed by atoms with van der Waals surface area (Å²) in [6.07, 6.45) is 1.88. The molecule has 1 aliphatic heterocycles. The van der Waals surface area contributed by atoms with Crippen LogP contribution in [0.4, 0.5) is 0 Å². The molecule has 1 N–H and O–H groups in total. The molecule has 1 atom stereocenters. The second-order valence-corrected chi connectivity index (χ2v) is 10.1. The van der Waals surface area contributed by atoms with Gasteiger partial charge in [-0.25, -0.2) is 0 Å². The monoisotopic (exact) mass is 493 g/mol. The summed E-state index contributed by atoms with van der Waals surface area (Å²) in [7, 11) is 0. The van der Waals surface area contributed by atoms with E-state index >= 15 is 0 Å². The molecule has 1 unspecified atom stereocenters. The fourth-order valence-corrected chi connectivity index (χ4v) is 5.77. The number of ether oxygens (including phenoxy) is 1. The molecule has 0 bridgehead atoms. The number of aryl methyl sites for hydroxylation is 1. The van der Waals surface area contributed by atoms with Crippen LogP contribution < -0.4 is 4.74 Å². The molecule has 0 saturated carbocycles. The van der Waals surface area contributed by atoms with Crippen molar-refractivity contribution < 1.29 is 9.53 Å². The van der Waals surface area contributed by atoms with Crippen LogP contribution in [0.25, 0.3) is 44.1 Å². The van der Waals surface area contributed by atoms with Gasteiger partial charge in [-0.2, -0.15) is 0 Å². The fraction of sp³-hybridized carbons (Fsp3) is 0.114. The lowest BCUT2D eigenvalue weighted by Gasteiger charge is -2.28. The predicted octanol–water partition coefficient (Wildman–Crippen LogP) is 8.92. The molecule has 184 valence electrons. The molecule has 2 heterocycles. The van der Waals surface area contributed by atoms with Crippen LogP contribution in [0.3, 0.4) is 0 Å². The summed E-state index contributed by atoms with van der Waals surface area (Å²) in [5, 5.41) is 2.52. The van der Waals surface area contributed by atoms with E-state index in [4.69, 9.17) is 4.74 Å². The minimum absolute atomic E-state index is 0.00194. The normalized spacial score (nSPS) is 14.8. The number of ketones is 1. The molecule has 0 saturated heterocycles. The number of hydrogen-bond donors (Lipinski definition) is 1. The van der Waals surface area contributed by atoms with E-state index in [1.165, 1.54) is 38.5 Å². The van der Waals surface area contributed by atoms with E-state index in [0.717, 1.165) is 40.8 Å². The van der Waals surface area contributed by atoms with E-state index in [0.29, 0.717) is 0 Å². The molecule has 0 spiro atoms. The van der Waals surface area contributed by atoms with Crippen molar-refractivity contribution >= 4 is 27.6 Å². The smallest absolute Gasteiger partial charge is 0.159 e. The molecule has 0 amide bonds. The Kier molecular flexibility index (Phi) is 5.36. The van der Waals surface area contributed by atoms with Gasteiger partial charge in [-0.05, 0) is 59.7 Å². The molecule has 0 aliphatic carbocycles. The number of para-hydroxylation sites is 1. The number of carbonyl (C=O) groups excluding carboxylic acids is 1. The summed E-state index contributed by atoms with van der Waals surface area (Å²) < 4.78 is 6.71. The van der Waals surface area contributed by atoms with Gasteiger partial charge in [0.05, 0.1) is 5.52 Å². The van der Waals surface area contributed by atoms with E-state index in [9.17, 15) is 4.79 Å². The number of aromatic amines is 1. The molecule has 3 heteroatoms. The first kappa shape index (κ1) is 22.6. The highest BCUT2D eigenvalue weighted by Gasteiger charge is 2.26. The summed E-state index contributed by atoms with van der Waals surface area (Å²) in [5.74, 6) is 1.05. The second-order valence-electron chi connectivity index (χ2n) is 10.1. The van der Waals surface area contributed by atoms with Crippen LogP contribution >= 0.6 is 0 Å². The lowest BCUT2D eigenvalue weighted by Crippen LogP contribution is -2.15. The molecule has 38 heavy (non-hydrogen) atoms. The molecular weight excluding hydrogens is 466 g/mol. The maximum Gasteiger partial charge on any atom is 0.159 e. The first-order valence-electron chi connectivity index (χ1n) is 13.2. The lowest BCUT2D eigenvalue weighted by molar-refractivity contribution is 0.101. The number of H-pyrrole nitrogens is 1. The molecular formula is C35H27NO2. The number of carbonyl (C=O) groups is 1. The van der Waals surface area contributed by atoms with Crippen molar-refractivity contribution in [2.24, 2.45) is 0 Å². The van der Waals surface area contributed by atoms with Gasteiger partial charge in [0.1, 0.15) is 11.9 Å². The summed E-state index contributed by atoms with van der Waals surface area (Å²) in [4.78, 5) is 15.3. The molecule has 1 aliphatic rings. The molecule has 3 nitrogen and oxygen atoms in total. The zero-order valence-electron chi connectivity index (χ0n) is 21.2. The Morgan fingerprint density at radius 2 is 1.47 bits per heavy atom. The highest BCUT2D eigenvalue weighted by Crippen LogP contribution is 2.45. The summed E-state index contributed by atoms with van der Waals surface area (Å²) in [6, 6.07) is 37.8. The van der Waals surface area contributed by atoms with Crippen molar-refractivity contribution in [3.63, 3.8) is 0 Å². The first-order chi connectivity index (χ1) is 18.7. The van der Waals surface area contributed by atoms with Crippen molar-refractivity contribution in [3.05, 3.63) is 126 Å². The van der Waals surface area contributed by atoms with E-state index in [1.807, 2.05) is 24.3 Å². The maximum atomic E-state index is 11.6. The van der Waals surface area contributed by atoms with Gasteiger partial charge in [-0.3, -0.25) is 4.79 Å². The number of Topliss-reactive ketones (excluding diaryl/α,β-unsaturated/α-hetero) is 1. The Hall–Kier alpha value is -4.63. The average molecular weight is 494 g/mol. The number of benzene rings is 5. The van der Waals surface area contributed by atoms with Crippen LogP contribution in [0, 0.1) is 0 Å². The molecule has 0 fully saturated rings. The zero-order chi connectivity index (χ0) is 25.6. The predicted molar refractivity (Wildman–Crippen MR) is 155 cm³/mol. The Morgan fingerprint density at radius 1 is 0.789 bits per heavy atom. The highest BCUT2D eigenvalue weighted by molar-refractivity contribution is 6.15. The third-order valence-electron chi connectivity index (χ3n) is 7.77. The number of rotatable bonds is 4. The first-order valence-corrected chi connectivity index (χ1v) is 13.2. The van der Waals surface area contributed by atoms with E-state index in [1.54, 1.807) is 6.92 Å². The van der Waals surface area contributed by atoms with Gasteiger partial charge in [-0.1, -0.05) is 97.1 Å². The van der Waals surface area contributed by atoms with E-state index < -0.39 is 0 Å². The zero-order valence-corrected chi connectivity index (χ0v) is 21.2. The number of hydrogen-bond acceptors (Lipinski definition) is 2. The summed E-state index contributed by atoms with van der Waals surface area (Å²) >= 11 is 0. The maximum absolute atomic E-state index is 11.6. The lowest BCUT2D eigenvalue weighted by atomic mass is 9.91. The van der Waals surface area contributed by atoms with Gasteiger partial charge in [0, 0.05) is 27.4 Å². The number of nitrogens with one attached hydrogen (secondary N) is 1. The highest BCUT2D eigenvalue weighted by atomic mass is 16.5. The standard InChI is InChI=1S/C35H27NO2/c1-22(37)23-11-13-24(14-12-23)25-15-17-27(18-16-25)32-20-19-29-33(38-32)21-30(26-7-3-2-4-8-26)34-28-9-5-6-10-31(28)36-35(29)34/h2-18,21,32,36H,19-20H2,1H3. The summed E-state index contributed by atoms with van der Waals surface area (Å²) in [6.45, 7) is 1.60. The van der Waals surface area contributed by atoms with Crippen LogP contribution in [-0.2, 0) is 6.42 Å². The van der Waals surface area contributed by atoms with E-state index in [-0.39, 0.29) is 11.9 Å².